The molecule has 1 saturated heterocycles. The molecular weight excluding hydrogens is 202 g/mol. The van der Waals surface area contributed by atoms with Crippen LogP contribution in [0, 0.1) is 5.92 Å². The van der Waals surface area contributed by atoms with Gasteiger partial charge in [-0.25, -0.2) is 0 Å². The number of hydrogen-bond acceptors (Lipinski definition) is 3. The topological polar surface area (TPSA) is 44.4 Å². The number of amides is 1. The van der Waals surface area contributed by atoms with Gasteiger partial charge in [-0.3, -0.25) is 9.69 Å². The Morgan fingerprint density at radius 3 is 2.75 bits per heavy atom. The third kappa shape index (κ3) is 4.10. The van der Waals surface area contributed by atoms with Gasteiger partial charge < -0.3 is 10.6 Å². The van der Waals surface area contributed by atoms with Gasteiger partial charge in [-0.15, -0.1) is 0 Å². The first-order chi connectivity index (χ1) is 7.50. The molecule has 4 nitrogen and oxygen atoms in total. The average molecular weight is 227 g/mol. The molecule has 0 bridgehead atoms. The fourth-order valence-electron chi connectivity index (χ4n) is 1.77. The molecule has 4 heteroatoms. The Morgan fingerprint density at radius 1 is 1.50 bits per heavy atom. The second kappa shape index (κ2) is 6.21. The lowest BCUT2D eigenvalue weighted by atomic mass is 10.1. The maximum absolute atomic E-state index is 11.8. The molecule has 0 aromatic rings. The zero-order valence-electron chi connectivity index (χ0n) is 10.9. The quantitative estimate of drug-likeness (QED) is 0.732. The zero-order chi connectivity index (χ0) is 12.1. The van der Waals surface area contributed by atoms with E-state index in [1.807, 2.05) is 0 Å². The highest BCUT2D eigenvalue weighted by Gasteiger charge is 2.21. The minimum absolute atomic E-state index is 0.148. The first-order valence-electron chi connectivity index (χ1n) is 6.25. The summed E-state index contributed by atoms with van der Waals surface area (Å²) < 4.78 is 0. The van der Waals surface area contributed by atoms with E-state index in [4.69, 9.17) is 0 Å². The van der Waals surface area contributed by atoms with Gasteiger partial charge in [0.1, 0.15) is 0 Å². The van der Waals surface area contributed by atoms with Gasteiger partial charge in [0, 0.05) is 31.7 Å². The largest absolute Gasteiger partial charge is 0.352 e. The van der Waals surface area contributed by atoms with Crippen molar-refractivity contribution in [1.29, 1.82) is 0 Å². The van der Waals surface area contributed by atoms with Crippen LogP contribution >= 0.6 is 0 Å². The van der Waals surface area contributed by atoms with Crippen LogP contribution < -0.4 is 10.6 Å². The zero-order valence-corrected chi connectivity index (χ0v) is 10.9. The van der Waals surface area contributed by atoms with Gasteiger partial charge in [-0.05, 0) is 19.8 Å². The molecule has 1 fully saturated rings. The number of rotatable bonds is 4. The highest BCUT2D eigenvalue weighted by molar-refractivity contribution is 5.78. The summed E-state index contributed by atoms with van der Waals surface area (Å²) in [6, 6.07) is 0.708. The Labute approximate surface area is 98.8 Å². The summed E-state index contributed by atoms with van der Waals surface area (Å²) in [5.74, 6) is 0.638. The molecule has 1 aliphatic heterocycles. The normalized spacial score (nSPS) is 24.4. The lowest BCUT2D eigenvalue weighted by Crippen LogP contribution is -2.53. The van der Waals surface area contributed by atoms with E-state index in [0.29, 0.717) is 18.5 Å². The predicted molar refractivity (Wildman–Crippen MR) is 66.3 cm³/mol. The fraction of sp³-hybridized carbons (Fsp3) is 0.917. The van der Waals surface area contributed by atoms with Gasteiger partial charge in [0.2, 0.25) is 5.91 Å². The first-order valence-corrected chi connectivity index (χ1v) is 6.25. The van der Waals surface area contributed by atoms with Gasteiger partial charge >= 0.3 is 0 Å². The van der Waals surface area contributed by atoms with Crippen molar-refractivity contribution in [2.24, 2.45) is 5.92 Å². The van der Waals surface area contributed by atoms with Crippen molar-refractivity contribution in [3.8, 4) is 0 Å². The second-order valence-corrected chi connectivity index (χ2v) is 5.12. The molecule has 1 aliphatic rings. The third-order valence-corrected chi connectivity index (χ3v) is 3.37. The first kappa shape index (κ1) is 13.5. The van der Waals surface area contributed by atoms with Crippen molar-refractivity contribution in [3.05, 3.63) is 0 Å². The molecule has 2 unspecified atom stereocenters. The summed E-state index contributed by atoms with van der Waals surface area (Å²) in [5.41, 5.74) is 0. The molecule has 2 N–H and O–H groups in total. The number of nitrogens with zero attached hydrogens (tertiary/aromatic N) is 1. The molecule has 0 radical (unpaired) electrons. The predicted octanol–water partition coefficient (Wildman–Crippen LogP) is 0.441. The van der Waals surface area contributed by atoms with Gasteiger partial charge in [0.25, 0.3) is 0 Å². The van der Waals surface area contributed by atoms with Crippen LogP contribution in [0.25, 0.3) is 0 Å². The van der Waals surface area contributed by atoms with Crippen molar-refractivity contribution in [2.75, 3.05) is 26.2 Å². The molecule has 0 spiro atoms. The molecule has 0 saturated carbocycles. The van der Waals surface area contributed by atoms with Crippen LogP contribution in [0.4, 0.5) is 0 Å². The fourth-order valence-corrected chi connectivity index (χ4v) is 1.77. The summed E-state index contributed by atoms with van der Waals surface area (Å²) in [7, 11) is 0. The van der Waals surface area contributed by atoms with Crippen LogP contribution in [-0.2, 0) is 4.79 Å². The maximum Gasteiger partial charge on any atom is 0.234 e. The highest BCUT2D eigenvalue weighted by Crippen LogP contribution is 2.03. The Hall–Kier alpha value is -0.610. The average Bonchev–Trinajstić information content (AvgIpc) is 2.21. The van der Waals surface area contributed by atoms with E-state index in [-0.39, 0.29) is 11.9 Å². The van der Waals surface area contributed by atoms with Crippen LogP contribution in [0.5, 0.6) is 0 Å². The van der Waals surface area contributed by atoms with E-state index in [1.165, 1.54) is 0 Å². The molecule has 2 atom stereocenters. The van der Waals surface area contributed by atoms with E-state index < -0.39 is 0 Å². The Bertz CT molecular complexity index is 230. The summed E-state index contributed by atoms with van der Waals surface area (Å²) in [6.07, 6.45) is 0. The third-order valence-electron chi connectivity index (χ3n) is 3.37. The maximum atomic E-state index is 11.8. The molecule has 0 aromatic carbocycles. The summed E-state index contributed by atoms with van der Waals surface area (Å²) >= 11 is 0. The van der Waals surface area contributed by atoms with E-state index in [9.17, 15) is 4.79 Å². The molecule has 1 heterocycles. The number of carbonyl (C=O) groups is 1. The molecule has 1 rings (SSSR count). The monoisotopic (exact) mass is 227 g/mol. The van der Waals surface area contributed by atoms with Gasteiger partial charge in [-0.2, -0.15) is 0 Å². The van der Waals surface area contributed by atoms with Crippen LogP contribution in [0.15, 0.2) is 0 Å². The van der Waals surface area contributed by atoms with Crippen molar-refractivity contribution in [2.45, 2.75) is 39.8 Å². The number of hydrogen-bond donors (Lipinski definition) is 2. The van der Waals surface area contributed by atoms with Crippen LogP contribution in [0.2, 0.25) is 0 Å². The van der Waals surface area contributed by atoms with E-state index in [2.05, 4.69) is 43.2 Å². The SMILES string of the molecule is CC(C)C(C)NC(=O)CN1CCNCC1C. The molecule has 94 valence electrons. The summed E-state index contributed by atoms with van der Waals surface area (Å²) in [6.45, 7) is 11.9. The van der Waals surface area contributed by atoms with Gasteiger partial charge in [0.05, 0.1) is 6.54 Å². The highest BCUT2D eigenvalue weighted by atomic mass is 16.2. The lowest BCUT2D eigenvalue weighted by molar-refractivity contribution is -0.123. The van der Waals surface area contributed by atoms with Gasteiger partial charge in [0.15, 0.2) is 0 Å². The van der Waals surface area contributed by atoms with Crippen LogP contribution in [0.1, 0.15) is 27.7 Å². The molecule has 0 aromatic heterocycles. The van der Waals surface area contributed by atoms with E-state index in [1.54, 1.807) is 0 Å². The smallest absolute Gasteiger partial charge is 0.234 e. The number of piperazine rings is 1. The molecule has 0 aliphatic carbocycles. The number of nitrogens with one attached hydrogen (secondary N) is 2. The summed E-state index contributed by atoms with van der Waals surface area (Å²) in [5, 5.41) is 6.37. The van der Waals surface area contributed by atoms with Crippen LogP contribution in [-0.4, -0.2) is 49.1 Å². The van der Waals surface area contributed by atoms with Crippen molar-refractivity contribution < 1.29 is 4.79 Å². The molecule has 16 heavy (non-hydrogen) atoms. The standard InChI is InChI=1S/C12H25N3O/c1-9(2)11(4)14-12(16)8-15-6-5-13-7-10(15)3/h9-11,13H,5-8H2,1-4H3,(H,14,16). The lowest BCUT2D eigenvalue weighted by Gasteiger charge is -2.33. The minimum atomic E-state index is 0.148. The molecular formula is C12H25N3O. The summed E-state index contributed by atoms with van der Waals surface area (Å²) in [4.78, 5) is 14.0. The Balaban J connectivity index is 2.32. The van der Waals surface area contributed by atoms with Crippen molar-refractivity contribution in [3.63, 3.8) is 0 Å². The Kier molecular flexibility index (Phi) is 5.22. The van der Waals surface area contributed by atoms with Crippen molar-refractivity contribution in [1.82, 2.24) is 15.5 Å². The van der Waals surface area contributed by atoms with E-state index >= 15 is 0 Å². The molecule has 1 amide bonds. The number of carbonyl (C=O) groups excluding carboxylic acids is 1. The van der Waals surface area contributed by atoms with Crippen molar-refractivity contribution >= 4 is 5.91 Å². The van der Waals surface area contributed by atoms with Gasteiger partial charge in [-0.1, -0.05) is 13.8 Å². The van der Waals surface area contributed by atoms with E-state index in [0.717, 1.165) is 19.6 Å². The minimum Gasteiger partial charge on any atom is -0.352 e. The Morgan fingerprint density at radius 2 is 2.19 bits per heavy atom. The second-order valence-electron chi connectivity index (χ2n) is 5.12. The van der Waals surface area contributed by atoms with Crippen LogP contribution in [0.3, 0.4) is 0 Å².